The molecule has 1 aromatic heterocycles. The minimum Gasteiger partial charge on any atom is -0.411 e. The molecule has 0 radical (unpaired) electrons. The molecular formula is C18H23N3O2S. The zero-order chi connectivity index (χ0) is 16.9. The van der Waals surface area contributed by atoms with Crippen LogP contribution in [0.25, 0.3) is 11.5 Å². The van der Waals surface area contributed by atoms with Crippen molar-refractivity contribution in [2.45, 2.75) is 50.0 Å². The van der Waals surface area contributed by atoms with Gasteiger partial charge in [-0.3, -0.25) is 4.79 Å². The molecule has 1 fully saturated rings. The van der Waals surface area contributed by atoms with Crippen molar-refractivity contribution in [3.63, 3.8) is 0 Å². The van der Waals surface area contributed by atoms with Gasteiger partial charge in [-0.2, -0.15) is 0 Å². The second kappa shape index (κ2) is 7.83. The Morgan fingerprint density at radius 3 is 2.67 bits per heavy atom. The zero-order valence-corrected chi connectivity index (χ0v) is 15.0. The number of nitrogens with zero attached hydrogens (tertiary/aromatic N) is 3. The predicted molar refractivity (Wildman–Crippen MR) is 94.8 cm³/mol. The van der Waals surface area contributed by atoms with Crippen LogP contribution in [-0.4, -0.2) is 39.3 Å². The lowest BCUT2D eigenvalue weighted by Crippen LogP contribution is -2.37. The summed E-state index contributed by atoms with van der Waals surface area (Å²) in [5.74, 6) is 0.660. The SMILES string of the molecule is Cc1cccc(-c2nnc(SC(C)C(=O)N3CCCCCC3)o2)c1. The highest BCUT2D eigenvalue weighted by Gasteiger charge is 2.24. The molecule has 2 aromatic rings. The van der Waals surface area contributed by atoms with Gasteiger partial charge in [0.15, 0.2) is 0 Å². The lowest BCUT2D eigenvalue weighted by Gasteiger charge is -2.23. The van der Waals surface area contributed by atoms with E-state index < -0.39 is 0 Å². The summed E-state index contributed by atoms with van der Waals surface area (Å²) < 4.78 is 5.73. The summed E-state index contributed by atoms with van der Waals surface area (Å²) in [7, 11) is 0. The van der Waals surface area contributed by atoms with Crippen molar-refractivity contribution in [1.29, 1.82) is 0 Å². The van der Waals surface area contributed by atoms with E-state index in [1.54, 1.807) is 0 Å². The Hall–Kier alpha value is -1.82. The fourth-order valence-electron chi connectivity index (χ4n) is 2.90. The fourth-order valence-corrected chi connectivity index (χ4v) is 3.67. The van der Waals surface area contributed by atoms with Crippen LogP contribution in [0.4, 0.5) is 0 Å². The molecular weight excluding hydrogens is 322 g/mol. The van der Waals surface area contributed by atoms with Crippen LogP contribution in [0, 0.1) is 6.92 Å². The van der Waals surface area contributed by atoms with E-state index in [0.29, 0.717) is 11.1 Å². The maximum absolute atomic E-state index is 12.6. The molecule has 5 nitrogen and oxygen atoms in total. The molecule has 1 aliphatic heterocycles. The standard InChI is InChI=1S/C18H23N3O2S/c1-13-8-7-9-15(12-13)16-19-20-18(23-16)24-14(2)17(22)21-10-5-3-4-6-11-21/h7-9,12,14H,3-6,10-11H2,1-2H3. The molecule has 1 unspecified atom stereocenters. The van der Waals surface area contributed by atoms with Crippen LogP contribution in [0.2, 0.25) is 0 Å². The lowest BCUT2D eigenvalue weighted by atomic mass is 10.1. The molecule has 0 spiro atoms. The zero-order valence-electron chi connectivity index (χ0n) is 14.2. The number of benzene rings is 1. The number of aryl methyl sites for hydroxylation is 1. The summed E-state index contributed by atoms with van der Waals surface area (Å²) in [5, 5.41) is 8.42. The monoisotopic (exact) mass is 345 g/mol. The summed E-state index contributed by atoms with van der Waals surface area (Å²) in [6.07, 6.45) is 4.63. The van der Waals surface area contributed by atoms with Crippen LogP contribution in [-0.2, 0) is 4.79 Å². The van der Waals surface area contributed by atoms with Crippen molar-refractivity contribution >= 4 is 17.7 Å². The number of hydrogen-bond acceptors (Lipinski definition) is 5. The van der Waals surface area contributed by atoms with E-state index in [4.69, 9.17) is 4.42 Å². The molecule has 0 bridgehead atoms. The average molecular weight is 345 g/mol. The van der Waals surface area contributed by atoms with E-state index in [0.717, 1.165) is 37.1 Å². The van der Waals surface area contributed by atoms with Crippen LogP contribution in [0.1, 0.15) is 38.2 Å². The number of carbonyl (C=O) groups excluding carboxylic acids is 1. The third-order valence-corrected chi connectivity index (χ3v) is 5.14. The molecule has 0 aliphatic carbocycles. The van der Waals surface area contributed by atoms with Crippen LogP contribution >= 0.6 is 11.8 Å². The number of likely N-dealkylation sites (tertiary alicyclic amines) is 1. The molecule has 128 valence electrons. The van der Waals surface area contributed by atoms with Crippen molar-refractivity contribution in [2.75, 3.05) is 13.1 Å². The Morgan fingerprint density at radius 2 is 1.96 bits per heavy atom. The van der Waals surface area contributed by atoms with Crippen molar-refractivity contribution in [2.24, 2.45) is 0 Å². The maximum atomic E-state index is 12.6. The molecule has 0 N–H and O–H groups in total. The molecule has 1 amide bonds. The van der Waals surface area contributed by atoms with Gasteiger partial charge in [0.1, 0.15) is 0 Å². The quantitative estimate of drug-likeness (QED) is 0.786. The average Bonchev–Trinajstić information content (AvgIpc) is 2.87. The highest BCUT2D eigenvalue weighted by atomic mass is 32.2. The van der Waals surface area contributed by atoms with Crippen LogP contribution in [0.5, 0.6) is 0 Å². The molecule has 0 saturated carbocycles. The van der Waals surface area contributed by atoms with E-state index in [9.17, 15) is 4.79 Å². The Labute approximate surface area is 146 Å². The minimum absolute atomic E-state index is 0.164. The number of amides is 1. The molecule has 1 saturated heterocycles. The largest absolute Gasteiger partial charge is 0.411 e. The van der Waals surface area contributed by atoms with E-state index in [1.807, 2.05) is 43.0 Å². The topological polar surface area (TPSA) is 59.2 Å². The van der Waals surface area contributed by atoms with Gasteiger partial charge in [0.2, 0.25) is 11.8 Å². The highest BCUT2D eigenvalue weighted by Crippen LogP contribution is 2.27. The first-order valence-corrected chi connectivity index (χ1v) is 9.37. The van der Waals surface area contributed by atoms with Crippen LogP contribution in [0.15, 0.2) is 33.9 Å². The molecule has 2 heterocycles. The predicted octanol–water partition coefficient (Wildman–Crippen LogP) is 3.93. The molecule has 1 atom stereocenters. The Balaban J connectivity index is 1.64. The Morgan fingerprint density at radius 1 is 1.21 bits per heavy atom. The Bertz CT molecular complexity index is 693. The van der Waals surface area contributed by atoms with Gasteiger partial charge in [0, 0.05) is 18.7 Å². The molecule has 24 heavy (non-hydrogen) atoms. The summed E-state index contributed by atoms with van der Waals surface area (Å²) in [6.45, 7) is 5.66. The van der Waals surface area contributed by atoms with E-state index in [-0.39, 0.29) is 11.2 Å². The number of carbonyl (C=O) groups is 1. The first kappa shape index (κ1) is 17.0. The third-order valence-electron chi connectivity index (χ3n) is 4.21. The molecule has 3 rings (SSSR count). The normalized spacial score (nSPS) is 16.7. The summed E-state index contributed by atoms with van der Waals surface area (Å²) in [4.78, 5) is 14.6. The fraction of sp³-hybridized carbons (Fsp3) is 0.500. The third kappa shape index (κ3) is 4.17. The molecule has 1 aromatic carbocycles. The minimum atomic E-state index is -0.214. The first-order chi connectivity index (χ1) is 11.6. The van der Waals surface area contributed by atoms with Crippen LogP contribution in [0.3, 0.4) is 0 Å². The summed E-state index contributed by atoms with van der Waals surface area (Å²) >= 11 is 1.34. The van der Waals surface area contributed by atoms with Crippen molar-refractivity contribution in [3.8, 4) is 11.5 Å². The van der Waals surface area contributed by atoms with Gasteiger partial charge >= 0.3 is 0 Å². The summed E-state index contributed by atoms with van der Waals surface area (Å²) in [6, 6.07) is 7.94. The lowest BCUT2D eigenvalue weighted by molar-refractivity contribution is -0.130. The van der Waals surface area contributed by atoms with Crippen molar-refractivity contribution < 1.29 is 9.21 Å². The van der Waals surface area contributed by atoms with Crippen LogP contribution < -0.4 is 0 Å². The molecule has 6 heteroatoms. The Kier molecular flexibility index (Phi) is 5.56. The first-order valence-electron chi connectivity index (χ1n) is 8.49. The van der Waals surface area contributed by atoms with Gasteiger partial charge in [-0.15, -0.1) is 10.2 Å². The number of aromatic nitrogens is 2. The number of hydrogen-bond donors (Lipinski definition) is 0. The van der Waals surface area contributed by atoms with E-state index in [2.05, 4.69) is 10.2 Å². The van der Waals surface area contributed by atoms with Gasteiger partial charge in [-0.1, -0.05) is 42.3 Å². The van der Waals surface area contributed by atoms with Gasteiger partial charge in [-0.25, -0.2) is 0 Å². The number of rotatable bonds is 4. The summed E-state index contributed by atoms with van der Waals surface area (Å²) in [5.41, 5.74) is 2.05. The second-order valence-electron chi connectivity index (χ2n) is 6.24. The van der Waals surface area contributed by atoms with Crippen molar-refractivity contribution in [1.82, 2.24) is 15.1 Å². The highest BCUT2D eigenvalue weighted by molar-refractivity contribution is 8.00. The van der Waals surface area contributed by atoms with E-state index >= 15 is 0 Å². The number of thioether (sulfide) groups is 1. The second-order valence-corrected chi connectivity index (χ2v) is 7.53. The van der Waals surface area contributed by atoms with Gasteiger partial charge in [0.25, 0.3) is 5.22 Å². The van der Waals surface area contributed by atoms with Gasteiger partial charge in [0.05, 0.1) is 5.25 Å². The molecule has 1 aliphatic rings. The van der Waals surface area contributed by atoms with E-state index in [1.165, 1.54) is 24.6 Å². The van der Waals surface area contributed by atoms with Crippen molar-refractivity contribution in [3.05, 3.63) is 29.8 Å². The van der Waals surface area contributed by atoms with Gasteiger partial charge < -0.3 is 9.32 Å². The smallest absolute Gasteiger partial charge is 0.277 e. The van der Waals surface area contributed by atoms with Gasteiger partial charge in [-0.05, 0) is 38.8 Å². The maximum Gasteiger partial charge on any atom is 0.277 e.